The summed E-state index contributed by atoms with van der Waals surface area (Å²) < 4.78 is 16.7. The molecule has 3 aromatic rings. The van der Waals surface area contributed by atoms with Crippen LogP contribution in [0.5, 0.6) is 17.2 Å². The second-order valence-electron chi connectivity index (χ2n) is 10.1. The smallest absolute Gasteiger partial charge is 0.295 e. The number of aliphatic hydroxyl groups excluding tert-OH is 1. The SMILES string of the molecule is COc1cc([C@H]2/C(=C(\O)c3ccc(OCc4ccccc4)cc3C)C(=O)C(=O)N2CCN2CCOCC2)ccc1O. The van der Waals surface area contributed by atoms with E-state index in [0.717, 1.165) is 18.7 Å². The van der Waals surface area contributed by atoms with E-state index in [1.54, 1.807) is 30.3 Å². The van der Waals surface area contributed by atoms with Crippen LogP contribution < -0.4 is 9.47 Å². The van der Waals surface area contributed by atoms with E-state index in [4.69, 9.17) is 14.2 Å². The molecule has 2 aliphatic heterocycles. The quantitative estimate of drug-likeness (QED) is 0.230. The standard InChI is InChI=1S/C32H34N2O7/c1-21-18-24(41-20-22-6-4-3-5-7-22)9-10-25(21)30(36)28-29(23-8-11-26(35)27(19-23)39-2)34(32(38)31(28)37)13-12-33-14-16-40-17-15-33/h3-11,18-19,29,35-36H,12-17,20H2,1-2H3/b30-28+/t29-/m0/s1. The van der Waals surface area contributed by atoms with Crippen LogP contribution in [-0.2, 0) is 20.9 Å². The number of phenols is 1. The van der Waals surface area contributed by atoms with Crippen LogP contribution in [0.25, 0.3) is 5.76 Å². The van der Waals surface area contributed by atoms with Gasteiger partial charge in [0, 0.05) is 31.7 Å². The number of carbonyl (C=O) groups excluding carboxylic acids is 2. The Hall–Kier alpha value is -4.34. The Balaban J connectivity index is 1.49. The monoisotopic (exact) mass is 558 g/mol. The third-order valence-corrected chi connectivity index (χ3v) is 7.52. The van der Waals surface area contributed by atoms with Crippen molar-refractivity contribution in [2.24, 2.45) is 0 Å². The fourth-order valence-corrected chi connectivity index (χ4v) is 5.27. The minimum Gasteiger partial charge on any atom is -0.507 e. The van der Waals surface area contributed by atoms with Gasteiger partial charge in [0.25, 0.3) is 11.7 Å². The second kappa shape index (κ2) is 12.4. The van der Waals surface area contributed by atoms with Gasteiger partial charge in [-0.05, 0) is 53.9 Å². The van der Waals surface area contributed by atoms with Gasteiger partial charge < -0.3 is 29.3 Å². The summed E-state index contributed by atoms with van der Waals surface area (Å²) in [5, 5.41) is 21.8. The molecule has 41 heavy (non-hydrogen) atoms. The van der Waals surface area contributed by atoms with Crippen molar-refractivity contribution in [3.8, 4) is 17.2 Å². The number of nitrogens with zero attached hydrogens (tertiary/aromatic N) is 2. The Bertz CT molecular complexity index is 1450. The van der Waals surface area contributed by atoms with Gasteiger partial charge in [0.2, 0.25) is 0 Å². The van der Waals surface area contributed by atoms with E-state index in [-0.39, 0.29) is 29.4 Å². The molecule has 0 aliphatic carbocycles. The molecule has 214 valence electrons. The van der Waals surface area contributed by atoms with Gasteiger partial charge in [-0.25, -0.2) is 0 Å². The van der Waals surface area contributed by atoms with E-state index in [1.165, 1.54) is 18.1 Å². The third-order valence-electron chi connectivity index (χ3n) is 7.52. The lowest BCUT2D eigenvalue weighted by Gasteiger charge is -2.31. The van der Waals surface area contributed by atoms with Crippen molar-refractivity contribution in [2.45, 2.75) is 19.6 Å². The fraction of sp³-hybridized carbons (Fsp3) is 0.312. The fourth-order valence-electron chi connectivity index (χ4n) is 5.27. The summed E-state index contributed by atoms with van der Waals surface area (Å²) in [4.78, 5) is 30.5. The van der Waals surface area contributed by atoms with Gasteiger partial charge in [-0.3, -0.25) is 14.5 Å². The lowest BCUT2D eigenvalue weighted by Crippen LogP contribution is -2.42. The second-order valence-corrected chi connectivity index (χ2v) is 10.1. The number of ether oxygens (including phenoxy) is 3. The topological polar surface area (TPSA) is 109 Å². The summed E-state index contributed by atoms with van der Waals surface area (Å²) in [6, 6.07) is 18.8. The molecule has 9 heteroatoms. The van der Waals surface area contributed by atoms with Crippen molar-refractivity contribution in [1.29, 1.82) is 0 Å². The normalized spacial score (nSPS) is 19.0. The molecule has 1 amide bonds. The van der Waals surface area contributed by atoms with Crippen molar-refractivity contribution in [3.05, 3.63) is 94.6 Å². The Morgan fingerprint density at radius 1 is 1.00 bits per heavy atom. The third kappa shape index (κ3) is 6.06. The number of ketones is 1. The highest BCUT2D eigenvalue weighted by atomic mass is 16.5. The maximum Gasteiger partial charge on any atom is 0.295 e. The minimum atomic E-state index is -0.862. The zero-order valence-corrected chi connectivity index (χ0v) is 23.2. The molecule has 3 aromatic carbocycles. The number of methoxy groups -OCH3 is 1. The molecule has 0 saturated carbocycles. The number of likely N-dealkylation sites (tertiary alicyclic amines) is 1. The average Bonchev–Trinajstić information content (AvgIpc) is 3.25. The number of morpholine rings is 1. The predicted molar refractivity (Wildman–Crippen MR) is 153 cm³/mol. The molecular weight excluding hydrogens is 524 g/mol. The first-order valence-electron chi connectivity index (χ1n) is 13.6. The maximum atomic E-state index is 13.5. The summed E-state index contributed by atoms with van der Waals surface area (Å²) in [5.74, 6) is -0.946. The summed E-state index contributed by atoms with van der Waals surface area (Å²) in [7, 11) is 1.43. The van der Waals surface area contributed by atoms with Gasteiger partial charge in [0.1, 0.15) is 18.1 Å². The van der Waals surface area contributed by atoms with Crippen LogP contribution in [0.3, 0.4) is 0 Å². The molecule has 2 N–H and O–H groups in total. The van der Waals surface area contributed by atoms with E-state index < -0.39 is 17.7 Å². The highest BCUT2D eigenvalue weighted by Gasteiger charge is 2.46. The van der Waals surface area contributed by atoms with E-state index >= 15 is 0 Å². The van der Waals surface area contributed by atoms with Crippen LogP contribution in [-0.4, -0.2) is 78.2 Å². The first-order valence-corrected chi connectivity index (χ1v) is 13.6. The minimum absolute atomic E-state index is 0.00854. The zero-order chi connectivity index (χ0) is 28.9. The first kappa shape index (κ1) is 28.2. The Morgan fingerprint density at radius 3 is 2.46 bits per heavy atom. The van der Waals surface area contributed by atoms with Crippen LogP contribution >= 0.6 is 0 Å². The number of aliphatic hydroxyl groups is 1. The Morgan fingerprint density at radius 2 is 1.76 bits per heavy atom. The van der Waals surface area contributed by atoms with Gasteiger partial charge in [0.05, 0.1) is 31.9 Å². The number of hydrogen-bond donors (Lipinski definition) is 2. The highest BCUT2D eigenvalue weighted by molar-refractivity contribution is 6.46. The molecule has 0 radical (unpaired) electrons. The molecule has 0 spiro atoms. The van der Waals surface area contributed by atoms with Crippen molar-refractivity contribution in [1.82, 2.24) is 9.80 Å². The van der Waals surface area contributed by atoms with Crippen LogP contribution in [0.4, 0.5) is 0 Å². The largest absolute Gasteiger partial charge is 0.507 e. The number of hydrogen-bond acceptors (Lipinski definition) is 8. The Kier molecular flexibility index (Phi) is 8.56. The molecule has 2 saturated heterocycles. The average molecular weight is 559 g/mol. The summed E-state index contributed by atoms with van der Waals surface area (Å²) in [6.45, 7) is 5.73. The number of amides is 1. The van der Waals surface area contributed by atoms with Crippen molar-refractivity contribution in [2.75, 3.05) is 46.5 Å². The van der Waals surface area contributed by atoms with Crippen LogP contribution in [0.15, 0.2) is 72.3 Å². The van der Waals surface area contributed by atoms with E-state index in [9.17, 15) is 19.8 Å². The summed E-state index contributed by atoms with van der Waals surface area (Å²) >= 11 is 0. The van der Waals surface area contributed by atoms with Gasteiger partial charge in [0.15, 0.2) is 11.5 Å². The molecule has 2 fully saturated rings. The number of carbonyl (C=O) groups is 2. The number of rotatable bonds is 9. The predicted octanol–water partition coefficient (Wildman–Crippen LogP) is 4.04. The molecule has 0 unspecified atom stereocenters. The number of aryl methyl sites for hydroxylation is 1. The molecule has 0 aromatic heterocycles. The molecule has 5 rings (SSSR count). The van der Waals surface area contributed by atoms with Crippen LogP contribution in [0.1, 0.15) is 28.3 Å². The number of aromatic hydroxyl groups is 1. The molecule has 9 nitrogen and oxygen atoms in total. The summed E-state index contributed by atoms with van der Waals surface area (Å²) in [6.07, 6.45) is 0. The molecule has 2 heterocycles. The van der Waals surface area contributed by atoms with E-state index in [0.29, 0.717) is 48.8 Å². The van der Waals surface area contributed by atoms with Crippen molar-refractivity contribution < 1.29 is 34.0 Å². The van der Waals surface area contributed by atoms with Gasteiger partial charge >= 0.3 is 0 Å². The molecule has 1 atom stereocenters. The maximum absolute atomic E-state index is 13.5. The first-order chi connectivity index (χ1) is 19.9. The van der Waals surface area contributed by atoms with Gasteiger partial charge in [-0.2, -0.15) is 0 Å². The van der Waals surface area contributed by atoms with Crippen LogP contribution in [0.2, 0.25) is 0 Å². The van der Waals surface area contributed by atoms with Gasteiger partial charge in [-0.1, -0.05) is 36.4 Å². The number of phenolic OH excluding ortho intramolecular Hbond substituents is 1. The highest BCUT2D eigenvalue weighted by Crippen LogP contribution is 2.42. The lowest BCUT2D eigenvalue weighted by molar-refractivity contribution is -0.140. The molecule has 2 aliphatic rings. The van der Waals surface area contributed by atoms with Crippen LogP contribution in [0, 0.1) is 6.92 Å². The lowest BCUT2D eigenvalue weighted by atomic mass is 9.93. The van der Waals surface area contributed by atoms with Gasteiger partial charge in [-0.15, -0.1) is 0 Å². The number of Topliss-reactive ketones (excluding diaryl/α,β-unsaturated/α-hetero) is 1. The summed E-state index contributed by atoms with van der Waals surface area (Å²) in [5.41, 5.74) is 2.68. The van der Waals surface area contributed by atoms with Crippen molar-refractivity contribution in [3.63, 3.8) is 0 Å². The number of benzene rings is 3. The van der Waals surface area contributed by atoms with E-state index in [1.807, 2.05) is 37.3 Å². The molecular formula is C32H34N2O7. The molecule has 0 bridgehead atoms. The van der Waals surface area contributed by atoms with Crippen molar-refractivity contribution >= 4 is 17.4 Å². The zero-order valence-electron chi connectivity index (χ0n) is 23.2. The van der Waals surface area contributed by atoms with E-state index in [2.05, 4.69) is 4.90 Å². The Labute approximate surface area is 239 Å².